The normalized spacial score (nSPS) is 10.9. The smallest absolute Gasteiger partial charge is 0.348 e. The summed E-state index contributed by atoms with van der Waals surface area (Å²) in [5.74, 6) is -0.977. The number of aromatic nitrogens is 2. The van der Waals surface area contributed by atoms with E-state index in [0.29, 0.717) is 28.3 Å². The second-order valence-corrected chi connectivity index (χ2v) is 5.78. The van der Waals surface area contributed by atoms with Crippen molar-refractivity contribution in [1.29, 1.82) is 5.26 Å². The van der Waals surface area contributed by atoms with Gasteiger partial charge in [-0.2, -0.15) is 10.4 Å². The molecule has 0 saturated heterocycles. The molecule has 2 rings (SSSR count). The van der Waals surface area contributed by atoms with Crippen LogP contribution in [0.2, 0.25) is 0 Å². The number of methoxy groups -OCH3 is 2. The van der Waals surface area contributed by atoms with Crippen molar-refractivity contribution in [1.82, 2.24) is 9.78 Å². The first kappa shape index (κ1) is 21.5. The lowest BCUT2D eigenvalue weighted by atomic mass is 10.1. The summed E-state index contributed by atoms with van der Waals surface area (Å²) in [4.78, 5) is 22.7. The van der Waals surface area contributed by atoms with Crippen LogP contribution >= 0.6 is 0 Å². The highest BCUT2D eigenvalue weighted by Crippen LogP contribution is 2.33. The van der Waals surface area contributed by atoms with Crippen molar-refractivity contribution < 1.29 is 28.9 Å². The lowest BCUT2D eigenvalue weighted by Gasteiger charge is -2.09. The number of benzene rings is 1. The number of carboxylic acids is 1. The van der Waals surface area contributed by atoms with Gasteiger partial charge in [-0.3, -0.25) is 4.68 Å². The Morgan fingerprint density at radius 1 is 1.28 bits per heavy atom. The Morgan fingerprint density at radius 3 is 2.59 bits per heavy atom. The zero-order valence-electron chi connectivity index (χ0n) is 16.3. The number of aryl methyl sites for hydroxylation is 1. The number of hydrogen-bond donors (Lipinski definition) is 0. The molecule has 0 saturated carbocycles. The third-order valence-electron chi connectivity index (χ3n) is 3.91. The lowest BCUT2D eigenvalue weighted by Crippen LogP contribution is -2.23. The van der Waals surface area contributed by atoms with E-state index in [2.05, 4.69) is 5.10 Å². The van der Waals surface area contributed by atoms with Gasteiger partial charge in [0.15, 0.2) is 11.5 Å². The number of rotatable bonds is 9. The molecule has 9 heteroatoms. The molecule has 0 aliphatic rings. The standard InChI is InChI=1S/C20H21N3O6/c1-4-29-20(26)14(11-21)9-15-12-23(8-7-18(24)25)22-19(15)13-5-6-16(27-2)17(10-13)28-3/h5-6,9-10,12H,4,7-8H2,1-3H3,(H,24,25)/p-1/b14-9-. The Bertz CT molecular complexity index is 971. The van der Waals surface area contributed by atoms with Crippen molar-refractivity contribution in [3.8, 4) is 28.8 Å². The molecule has 0 N–H and O–H groups in total. The van der Waals surface area contributed by atoms with Crippen molar-refractivity contribution >= 4 is 18.0 Å². The highest BCUT2D eigenvalue weighted by Gasteiger charge is 2.16. The predicted molar refractivity (Wildman–Crippen MR) is 101 cm³/mol. The first-order valence-electron chi connectivity index (χ1n) is 8.72. The van der Waals surface area contributed by atoms with Crippen molar-refractivity contribution in [2.24, 2.45) is 0 Å². The fourth-order valence-electron chi connectivity index (χ4n) is 2.57. The maximum absolute atomic E-state index is 12.0. The Balaban J connectivity index is 2.56. The third kappa shape index (κ3) is 5.35. The minimum atomic E-state index is -1.21. The van der Waals surface area contributed by atoms with E-state index >= 15 is 0 Å². The van der Waals surface area contributed by atoms with Crippen LogP contribution in [-0.4, -0.2) is 42.5 Å². The predicted octanol–water partition coefficient (Wildman–Crippen LogP) is 1.18. The summed E-state index contributed by atoms with van der Waals surface area (Å²) in [6.45, 7) is 1.84. The van der Waals surface area contributed by atoms with Gasteiger partial charge in [-0.25, -0.2) is 4.79 Å². The van der Waals surface area contributed by atoms with Gasteiger partial charge in [0.2, 0.25) is 0 Å². The number of nitriles is 1. The van der Waals surface area contributed by atoms with Gasteiger partial charge >= 0.3 is 5.97 Å². The van der Waals surface area contributed by atoms with Gasteiger partial charge < -0.3 is 24.1 Å². The van der Waals surface area contributed by atoms with Gasteiger partial charge in [0.05, 0.1) is 26.5 Å². The fourth-order valence-corrected chi connectivity index (χ4v) is 2.57. The number of carbonyl (C=O) groups is 2. The topological polar surface area (TPSA) is 127 Å². The minimum Gasteiger partial charge on any atom is -0.550 e. The molecule has 2 aromatic rings. The van der Waals surface area contributed by atoms with Crippen LogP contribution in [0.15, 0.2) is 30.0 Å². The summed E-state index contributed by atoms with van der Waals surface area (Å²) in [7, 11) is 3.01. The highest BCUT2D eigenvalue weighted by molar-refractivity contribution is 5.98. The number of carbonyl (C=O) groups excluding carboxylic acids is 2. The molecule has 0 fully saturated rings. The third-order valence-corrected chi connectivity index (χ3v) is 3.91. The lowest BCUT2D eigenvalue weighted by molar-refractivity contribution is -0.306. The molecule has 0 radical (unpaired) electrons. The maximum Gasteiger partial charge on any atom is 0.348 e. The van der Waals surface area contributed by atoms with E-state index in [-0.39, 0.29) is 25.1 Å². The first-order valence-corrected chi connectivity index (χ1v) is 8.72. The van der Waals surface area contributed by atoms with Gasteiger partial charge in [0, 0.05) is 36.3 Å². The van der Waals surface area contributed by atoms with Crippen molar-refractivity contribution in [2.75, 3.05) is 20.8 Å². The van der Waals surface area contributed by atoms with E-state index < -0.39 is 11.9 Å². The van der Waals surface area contributed by atoms with Gasteiger partial charge in [-0.15, -0.1) is 0 Å². The summed E-state index contributed by atoms with van der Waals surface area (Å²) in [5, 5.41) is 24.5. The highest BCUT2D eigenvalue weighted by atomic mass is 16.5. The first-order chi connectivity index (χ1) is 13.9. The number of carboxylic acid groups (broad SMARTS) is 1. The monoisotopic (exact) mass is 398 g/mol. The number of nitrogens with zero attached hydrogens (tertiary/aromatic N) is 3. The Morgan fingerprint density at radius 2 is 2.00 bits per heavy atom. The molecule has 1 aromatic heterocycles. The number of aliphatic carboxylic acids is 1. The van der Waals surface area contributed by atoms with Crippen LogP contribution in [-0.2, 0) is 20.9 Å². The van der Waals surface area contributed by atoms with E-state index in [9.17, 15) is 20.0 Å². The van der Waals surface area contributed by atoms with Crippen molar-refractivity contribution in [3.05, 3.63) is 35.5 Å². The SMILES string of the molecule is CCOC(=O)/C(C#N)=C\c1cn(CCC(=O)[O-])nc1-c1ccc(OC)c(OC)c1. The van der Waals surface area contributed by atoms with E-state index in [4.69, 9.17) is 14.2 Å². The molecule has 9 nitrogen and oxygen atoms in total. The molecule has 0 bridgehead atoms. The second-order valence-electron chi connectivity index (χ2n) is 5.78. The zero-order valence-corrected chi connectivity index (χ0v) is 16.3. The van der Waals surface area contributed by atoms with Crippen LogP contribution in [0.3, 0.4) is 0 Å². The average Bonchev–Trinajstić information content (AvgIpc) is 3.12. The molecule has 1 heterocycles. The van der Waals surface area contributed by atoms with Gasteiger partial charge in [0.1, 0.15) is 11.6 Å². The number of esters is 1. The van der Waals surface area contributed by atoms with Gasteiger partial charge in [-0.05, 0) is 31.2 Å². The van der Waals surface area contributed by atoms with Crippen LogP contribution in [0.25, 0.3) is 17.3 Å². The van der Waals surface area contributed by atoms with E-state index in [1.807, 2.05) is 6.07 Å². The summed E-state index contributed by atoms with van der Waals surface area (Å²) in [6, 6.07) is 6.94. The van der Waals surface area contributed by atoms with Crippen LogP contribution in [0, 0.1) is 11.3 Å². The van der Waals surface area contributed by atoms with Crippen molar-refractivity contribution in [2.45, 2.75) is 19.9 Å². The van der Waals surface area contributed by atoms with Crippen molar-refractivity contribution in [3.63, 3.8) is 0 Å². The molecule has 1 aromatic carbocycles. The fraction of sp³-hybridized carbons (Fsp3) is 0.300. The number of hydrogen-bond acceptors (Lipinski definition) is 8. The van der Waals surface area contributed by atoms with Gasteiger partial charge in [-0.1, -0.05) is 0 Å². The molecule has 0 unspecified atom stereocenters. The van der Waals surface area contributed by atoms with Crippen LogP contribution in [0.4, 0.5) is 0 Å². The molecule has 0 atom stereocenters. The van der Waals surface area contributed by atoms with E-state index in [0.717, 1.165) is 0 Å². The Kier molecular flexibility index (Phi) is 7.37. The Labute approximate surface area is 167 Å². The summed E-state index contributed by atoms with van der Waals surface area (Å²) >= 11 is 0. The Hall–Kier alpha value is -3.80. The summed E-state index contributed by atoms with van der Waals surface area (Å²) in [6.07, 6.45) is 2.66. The summed E-state index contributed by atoms with van der Waals surface area (Å²) in [5.41, 5.74) is 1.30. The summed E-state index contributed by atoms with van der Waals surface area (Å²) < 4.78 is 16.8. The largest absolute Gasteiger partial charge is 0.550 e. The molecule has 29 heavy (non-hydrogen) atoms. The van der Waals surface area contributed by atoms with Crippen LogP contribution in [0.1, 0.15) is 18.9 Å². The molecule has 0 aliphatic heterocycles. The number of ether oxygens (including phenoxy) is 3. The second kappa shape index (κ2) is 9.94. The molecule has 152 valence electrons. The molecular weight excluding hydrogens is 378 g/mol. The van der Waals surface area contributed by atoms with E-state index in [1.54, 1.807) is 31.3 Å². The van der Waals surface area contributed by atoms with E-state index in [1.165, 1.54) is 25.0 Å². The average molecular weight is 398 g/mol. The van der Waals surface area contributed by atoms with Gasteiger partial charge in [0.25, 0.3) is 0 Å². The van der Waals surface area contributed by atoms with Crippen LogP contribution in [0.5, 0.6) is 11.5 Å². The van der Waals surface area contributed by atoms with Crippen LogP contribution < -0.4 is 14.6 Å². The molecule has 0 amide bonds. The molecule has 0 aliphatic carbocycles. The maximum atomic E-state index is 12.0. The molecule has 0 spiro atoms. The zero-order chi connectivity index (χ0) is 21.4. The molecular formula is C20H20N3O6-. The quantitative estimate of drug-likeness (QED) is 0.350. The minimum absolute atomic E-state index is 0.0672.